The van der Waals surface area contributed by atoms with Crippen molar-refractivity contribution >= 4 is 23.3 Å². The summed E-state index contributed by atoms with van der Waals surface area (Å²) < 4.78 is 14.2. The number of pyridine rings is 1. The van der Waals surface area contributed by atoms with Gasteiger partial charge in [-0.15, -0.1) is 0 Å². The third-order valence-electron chi connectivity index (χ3n) is 4.76. The molecule has 1 aliphatic rings. The highest BCUT2D eigenvalue weighted by molar-refractivity contribution is 6.30. The minimum Gasteiger partial charge on any atom is -0.351 e. The molecule has 1 saturated carbocycles. The number of amides is 1. The monoisotopic (exact) mass is 390 g/mol. The van der Waals surface area contributed by atoms with Crippen LogP contribution in [0.1, 0.15) is 48.5 Å². The molecule has 2 aromatic rings. The second kappa shape index (κ2) is 8.48. The zero-order chi connectivity index (χ0) is 19.4. The van der Waals surface area contributed by atoms with E-state index in [1.807, 2.05) is 0 Å². The number of halogens is 2. The van der Waals surface area contributed by atoms with Crippen molar-refractivity contribution in [1.82, 2.24) is 9.88 Å². The van der Waals surface area contributed by atoms with E-state index < -0.39 is 29.1 Å². The average molecular weight is 391 g/mol. The van der Waals surface area contributed by atoms with Gasteiger partial charge < -0.3 is 5.32 Å². The van der Waals surface area contributed by atoms with Crippen molar-refractivity contribution in [1.29, 1.82) is 0 Å². The van der Waals surface area contributed by atoms with Crippen LogP contribution in [0.25, 0.3) is 0 Å². The summed E-state index contributed by atoms with van der Waals surface area (Å²) in [5.74, 6) is -1.64. The number of nitrogens with zero attached hydrogens (tertiary/aromatic N) is 1. The number of hydrogen-bond donors (Lipinski definition) is 1. The molecule has 1 N–H and O–H groups in total. The van der Waals surface area contributed by atoms with Gasteiger partial charge in [-0.05, 0) is 43.2 Å². The van der Waals surface area contributed by atoms with Gasteiger partial charge in [-0.25, -0.2) is 4.39 Å². The first-order valence-electron chi connectivity index (χ1n) is 8.93. The Morgan fingerprint density at radius 2 is 1.74 bits per heavy atom. The van der Waals surface area contributed by atoms with Crippen LogP contribution >= 0.6 is 11.6 Å². The lowest BCUT2D eigenvalue weighted by Gasteiger charge is -2.26. The number of Topliss-reactive ketones (excluding diaryl/α,β-unsaturated/α-hetero) is 1. The Morgan fingerprint density at radius 1 is 1.07 bits per heavy atom. The normalized spacial score (nSPS) is 15.9. The Bertz CT molecular complexity index is 889. The number of rotatable bonds is 5. The van der Waals surface area contributed by atoms with E-state index in [-0.39, 0.29) is 16.6 Å². The van der Waals surface area contributed by atoms with Crippen molar-refractivity contribution in [3.63, 3.8) is 0 Å². The first-order valence-corrected chi connectivity index (χ1v) is 9.31. The van der Waals surface area contributed by atoms with Gasteiger partial charge in [0.1, 0.15) is 5.82 Å². The van der Waals surface area contributed by atoms with Gasteiger partial charge in [-0.3, -0.25) is 19.0 Å². The smallest absolute Gasteiger partial charge is 0.251 e. The highest BCUT2D eigenvalue weighted by Crippen LogP contribution is 2.20. The molecule has 1 atom stereocenters. The van der Waals surface area contributed by atoms with Gasteiger partial charge in [0.15, 0.2) is 11.8 Å². The molecule has 0 aliphatic heterocycles. The predicted molar refractivity (Wildman–Crippen MR) is 100 cm³/mol. The van der Waals surface area contributed by atoms with Crippen molar-refractivity contribution in [3.8, 4) is 0 Å². The summed E-state index contributed by atoms with van der Waals surface area (Å²) in [5, 5.41) is 3.12. The van der Waals surface area contributed by atoms with Crippen LogP contribution in [0.3, 0.4) is 0 Å². The van der Waals surface area contributed by atoms with Crippen LogP contribution in [0.15, 0.2) is 47.4 Å². The molecule has 1 aromatic heterocycles. The molecule has 0 radical (unpaired) electrons. The lowest BCUT2D eigenvalue weighted by Crippen LogP contribution is -2.45. The number of hydrogen-bond acceptors (Lipinski definition) is 3. The van der Waals surface area contributed by atoms with Crippen molar-refractivity contribution in [3.05, 3.63) is 69.4 Å². The summed E-state index contributed by atoms with van der Waals surface area (Å²) in [6, 6.07) is 6.07. The molecule has 1 unspecified atom stereocenters. The first-order chi connectivity index (χ1) is 13.0. The number of ketones is 1. The topological polar surface area (TPSA) is 68.2 Å². The summed E-state index contributed by atoms with van der Waals surface area (Å²) in [4.78, 5) is 38.3. The number of benzene rings is 1. The Balaban J connectivity index is 1.96. The van der Waals surface area contributed by atoms with E-state index in [2.05, 4.69) is 5.32 Å². The molecule has 1 aliphatic carbocycles. The molecule has 142 valence electrons. The van der Waals surface area contributed by atoms with Gasteiger partial charge in [0, 0.05) is 23.9 Å². The SMILES string of the molecule is O=C(NC1CCCCC1)C(C(=O)c1ccc(F)cc1)n1cc(Cl)ccc1=O. The highest BCUT2D eigenvalue weighted by atomic mass is 35.5. The van der Waals surface area contributed by atoms with Gasteiger partial charge in [-0.2, -0.15) is 0 Å². The van der Waals surface area contributed by atoms with Crippen molar-refractivity contribution in [2.45, 2.75) is 44.2 Å². The van der Waals surface area contributed by atoms with E-state index in [0.29, 0.717) is 0 Å². The quantitative estimate of drug-likeness (QED) is 0.627. The molecular formula is C20H20ClFN2O3. The molecule has 5 nitrogen and oxygen atoms in total. The third kappa shape index (κ3) is 4.63. The Labute approximate surface area is 161 Å². The summed E-state index contributed by atoms with van der Waals surface area (Å²) in [5.41, 5.74) is -0.370. The molecule has 0 spiro atoms. The fraction of sp³-hybridized carbons (Fsp3) is 0.350. The fourth-order valence-electron chi connectivity index (χ4n) is 3.35. The lowest BCUT2D eigenvalue weighted by molar-refractivity contribution is -0.124. The van der Waals surface area contributed by atoms with E-state index >= 15 is 0 Å². The molecule has 1 heterocycles. The van der Waals surface area contributed by atoms with Gasteiger partial charge >= 0.3 is 0 Å². The zero-order valence-electron chi connectivity index (χ0n) is 14.7. The molecule has 1 aromatic carbocycles. The Morgan fingerprint density at radius 3 is 2.41 bits per heavy atom. The van der Waals surface area contributed by atoms with Crippen LogP contribution < -0.4 is 10.9 Å². The van der Waals surface area contributed by atoms with Crippen LogP contribution in [0.2, 0.25) is 5.02 Å². The maximum Gasteiger partial charge on any atom is 0.251 e. The number of aromatic nitrogens is 1. The van der Waals surface area contributed by atoms with E-state index in [1.165, 1.54) is 30.5 Å². The first kappa shape index (κ1) is 19.3. The van der Waals surface area contributed by atoms with Gasteiger partial charge in [0.05, 0.1) is 5.02 Å². The number of carbonyl (C=O) groups excluding carboxylic acids is 2. The largest absolute Gasteiger partial charge is 0.351 e. The summed E-state index contributed by atoms with van der Waals surface area (Å²) in [6.07, 6.45) is 6.10. The third-order valence-corrected chi connectivity index (χ3v) is 4.98. The summed E-state index contributed by atoms with van der Waals surface area (Å²) in [7, 11) is 0. The molecular weight excluding hydrogens is 371 g/mol. The highest BCUT2D eigenvalue weighted by Gasteiger charge is 2.32. The average Bonchev–Trinajstić information content (AvgIpc) is 2.66. The molecule has 0 saturated heterocycles. The Hall–Kier alpha value is -2.47. The molecule has 0 bridgehead atoms. The van der Waals surface area contributed by atoms with Gasteiger partial charge in [-0.1, -0.05) is 30.9 Å². The maximum atomic E-state index is 13.2. The molecule has 7 heteroatoms. The van der Waals surface area contributed by atoms with Crippen molar-refractivity contribution in [2.24, 2.45) is 0 Å². The van der Waals surface area contributed by atoms with E-state index in [9.17, 15) is 18.8 Å². The molecule has 1 amide bonds. The van der Waals surface area contributed by atoms with E-state index in [1.54, 1.807) is 0 Å². The van der Waals surface area contributed by atoms with E-state index in [4.69, 9.17) is 11.6 Å². The molecule has 3 rings (SSSR count). The van der Waals surface area contributed by atoms with Gasteiger partial charge in [0.25, 0.3) is 11.5 Å². The number of carbonyl (C=O) groups is 2. The Kier molecular flexibility index (Phi) is 6.06. The second-order valence-electron chi connectivity index (χ2n) is 6.71. The fourth-order valence-corrected chi connectivity index (χ4v) is 3.52. The second-order valence-corrected chi connectivity index (χ2v) is 7.15. The van der Waals surface area contributed by atoms with Crippen molar-refractivity contribution in [2.75, 3.05) is 0 Å². The summed E-state index contributed by atoms with van der Waals surface area (Å²) in [6.45, 7) is 0. The number of nitrogens with one attached hydrogen (secondary N) is 1. The van der Waals surface area contributed by atoms with Crippen LogP contribution in [0, 0.1) is 5.82 Å². The van der Waals surface area contributed by atoms with Crippen LogP contribution in [0.5, 0.6) is 0 Å². The van der Waals surface area contributed by atoms with Crippen LogP contribution in [-0.4, -0.2) is 22.3 Å². The van der Waals surface area contributed by atoms with Gasteiger partial charge in [0.2, 0.25) is 0 Å². The standard InChI is InChI=1S/C20H20ClFN2O3/c21-14-8-11-17(25)24(12-14)18(19(26)13-6-9-15(22)10-7-13)20(27)23-16-4-2-1-3-5-16/h6-12,16,18H,1-5H2,(H,23,27). The lowest BCUT2D eigenvalue weighted by atomic mass is 9.94. The molecule has 27 heavy (non-hydrogen) atoms. The maximum absolute atomic E-state index is 13.2. The van der Waals surface area contributed by atoms with Crippen LogP contribution in [-0.2, 0) is 4.79 Å². The predicted octanol–water partition coefficient (Wildman–Crippen LogP) is 3.51. The van der Waals surface area contributed by atoms with E-state index in [0.717, 1.165) is 48.8 Å². The summed E-state index contributed by atoms with van der Waals surface area (Å²) >= 11 is 5.98. The zero-order valence-corrected chi connectivity index (χ0v) is 15.4. The minimum absolute atomic E-state index is 0.0235. The van der Waals surface area contributed by atoms with Crippen LogP contribution in [0.4, 0.5) is 4.39 Å². The molecule has 1 fully saturated rings. The minimum atomic E-state index is -1.40. The van der Waals surface area contributed by atoms with Crippen molar-refractivity contribution < 1.29 is 14.0 Å².